The fourth-order valence-electron chi connectivity index (χ4n) is 3.67. The highest BCUT2D eigenvalue weighted by atomic mass is 32.1. The average molecular weight is 386 g/mol. The maximum absolute atomic E-state index is 12.7. The van der Waals surface area contributed by atoms with Crippen LogP contribution in [0.1, 0.15) is 27.2 Å². The molecule has 4 rings (SSSR count). The molecule has 3 heterocycles. The molecule has 2 amide bonds. The second kappa shape index (κ2) is 7.60. The number of para-hydroxylation sites is 1. The molecule has 0 aliphatic carbocycles. The Balaban J connectivity index is 1.38. The van der Waals surface area contributed by atoms with E-state index >= 15 is 0 Å². The van der Waals surface area contributed by atoms with E-state index in [1.54, 1.807) is 23.3 Å². The molecule has 6 nitrogen and oxygen atoms in total. The van der Waals surface area contributed by atoms with E-state index in [9.17, 15) is 9.59 Å². The van der Waals surface area contributed by atoms with Crippen LogP contribution in [0.5, 0.6) is 11.5 Å². The molecule has 2 aliphatic heterocycles. The number of carbonyl (C=O) groups excluding carboxylic acids is 2. The van der Waals surface area contributed by atoms with E-state index in [0.717, 1.165) is 34.6 Å². The van der Waals surface area contributed by atoms with E-state index in [1.165, 1.54) is 0 Å². The third-order valence-corrected chi connectivity index (χ3v) is 5.95. The Labute approximate surface area is 162 Å². The predicted octanol–water partition coefficient (Wildman–Crippen LogP) is 2.27. The van der Waals surface area contributed by atoms with E-state index in [-0.39, 0.29) is 24.4 Å². The molecule has 142 valence electrons. The van der Waals surface area contributed by atoms with Gasteiger partial charge in [-0.2, -0.15) is 0 Å². The number of thiophene rings is 1. The van der Waals surface area contributed by atoms with Crippen LogP contribution in [0.3, 0.4) is 0 Å². The normalized spacial score (nSPS) is 18.8. The number of benzene rings is 1. The zero-order valence-corrected chi connectivity index (χ0v) is 16.0. The molecule has 0 unspecified atom stereocenters. The molecule has 27 heavy (non-hydrogen) atoms. The van der Waals surface area contributed by atoms with Crippen molar-refractivity contribution >= 4 is 23.2 Å². The van der Waals surface area contributed by atoms with E-state index in [4.69, 9.17) is 9.47 Å². The largest absolute Gasteiger partial charge is 0.493 e. The minimum absolute atomic E-state index is 0.0473. The number of hydrogen-bond acceptors (Lipinski definition) is 5. The van der Waals surface area contributed by atoms with Crippen molar-refractivity contribution in [3.05, 3.63) is 45.6 Å². The molecule has 0 bridgehead atoms. The Kier molecular flexibility index (Phi) is 5.03. The Hall–Kier alpha value is -2.54. The van der Waals surface area contributed by atoms with Crippen molar-refractivity contribution in [1.29, 1.82) is 0 Å². The third-order valence-electron chi connectivity index (χ3n) is 4.97. The smallest absolute Gasteiger partial charge is 0.255 e. The number of carbonyl (C=O) groups is 2. The number of nitrogens with one attached hydrogen (secondary N) is 1. The van der Waals surface area contributed by atoms with Gasteiger partial charge in [0.15, 0.2) is 11.5 Å². The van der Waals surface area contributed by atoms with Crippen molar-refractivity contribution in [2.24, 2.45) is 0 Å². The molecule has 0 saturated carbocycles. The molecule has 1 atom stereocenters. The van der Waals surface area contributed by atoms with Crippen LogP contribution in [-0.4, -0.2) is 49.6 Å². The lowest BCUT2D eigenvalue weighted by molar-refractivity contribution is -0.122. The van der Waals surface area contributed by atoms with Gasteiger partial charge < -0.3 is 19.7 Å². The second-order valence-corrected chi connectivity index (χ2v) is 7.82. The Morgan fingerprint density at radius 3 is 3.15 bits per heavy atom. The van der Waals surface area contributed by atoms with Crippen molar-refractivity contribution in [2.45, 2.75) is 25.3 Å². The Morgan fingerprint density at radius 2 is 2.30 bits per heavy atom. The number of amides is 2. The van der Waals surface area contributed by atoms with Crippen LogP contribution < -0.4 is 14.8 Å². The van der Waals surface area contributed by atoms with Gasteiger partial charge in [0, 0.05) is 17.0 Å². The summed E-state index contributed by atoms with van der Waals surface area (Å²) in [5, 5.41) is 4.95. The van der Waals surface area contributed by atoms with Crippen molar-refractivity contribution in [3.8, 4) is 11.5 Å². The standard InChI is InChI=1S/C20H22N2O4S/c1-25-16-5-2-4-13-10-14(12-26-19(13)16)21-18(23)11-22-8-3-6-17-15(20(22)24)7-9-27-17/h2,4-5,7,9,14H,3,6,8,10-12H2,1H3,(H,21,23)/t14-/m0/s1. The first-order valence-corrected chi connectivity index (χ1v) is 9.97. The number of aryl methyl sites for hydroxylation is 1. The summed E-state index contributed by atoms with van der Waals surface area (Å²) in [6.07, 6.45) is 2.46. The molecule has 2 aliphatic rings. The lowest BCUT2D eigenvalue weighted by Crippen LogP contribution is -2.47. The molecule has 0 saturated heterocycles. The van der Waals surface area contributed by atoms with Crippen LogP contribution >= 0.6 is 11.3 Å². The van der Waals surface area contributed by atoms with Crippen molar-refractivity contribution < 1.29 is 19.1 Å². The van der Waals surface area contributed by atoms with Crippen molar-refractivity contribution in [1.82, 2.24) is 10.2 Å². The lowest BCUT2D eigenvalue weighted by Gasteiger charge is -2.28. The molecule has 1 N–H and O–H groups in total. The number of ether oxygens (including phenoxy) is 2. The van der Waals surface area contributed by atoms with Gasteiger partial charge in [0.2, 0.25) is 5.91 Å². The number of fused-ring (bicyclic) bond motifs is 2. The minimum atomic E-state index is -0.151. The van der Waals surface area contributed by atoms with Gasteiger partial charge >= 0.3 is 0 Å². The van der Waals surface area contributed by atoms with Gasteiger partial charge in [0.25, 0.3) is 5.91 Å². The first kappa shape index (κ1) is 17.9. The molecule has 0 fully saturated rings. The summed E-state index contributed by atoms with van der Waals surface area (Å²) in [5.41, 5.74) is 1.76. The second-order valence-electron chi connectivity index (χ2n) is 6.82. The summed E-state index contributed by atoms with van der Waals surface area (Å²) in [6, 6.07) is 7.50. The van der Waals surface area contributed by atoms with Crippen molar-refractivity contribution in [2.75, 3.05) is 26.8 Å². The van der Waals surface area contributed by atoms with Crippen LogP contribution in [0.4, 0.5) is 0 Å². The monoisotopic (exact) mass is 386 g/mol. The van der Waals surface area contributed by atoms with Gasteiger partial charge in [0.1, 0.15) is 6.61 Å². The van der Waals surface area contributed by atoms with Gasteiger partial charge in [-0.1, -0.05) is 12.1 Å². The van der Waals surface area contributed by atoms with Gasteiger partial charge in [0.05, 0.1) is 25.3 Å². The quantitative estimate of drug-likeness (QED) is 0.875. The first-order chi connectivity index (χ1) is 13.2. The lowest BCUT2D eigenvalue weighted by atomic mass is 10.0. The van der Waals surface area contributed by atoms with Crippen LogP contribution in [-0.2, 0) is 17.6 Å². The maximum atomic E-state index is 12.7. The van der Waals surface area contributed by atoms with E-state index in [1.807, 2.05) is 29.6 Å². The molecular formula is C20H22N2O4S. The molecule has 7 heteroatoms. The summed E-state index contributed by atoms with van der Waals surface area (Å²) in [5.74, 6) is 1.26. The van der Waals surface area contributed by atoms with Gasteiger partial charge in [-0.3, -0.25) is 9.59 Å². The summed E-state index contributed by atoms with van der Waals surface area (Å²) in [6.45, 7) is 1.08. The topological polar surface area (TPSA) is 67.9 Å². The van der Waals surface area contributed by atoms with E-state index < -0.39 is 0 Å². The summed E-state index contributed by atoms with van der Waals surface area (Å²) in [7, 11) is 1.62. The molecule has 0 spiro atoms. The minimum Gasteiger partial charge on any atom is -0.493 e. The van der Waals surface area contributed by atoms with Gasteiger partial charge in [-0.25, -0.2) is 0 Å². The van der Waals surface area contributed by atoms with E-state index in [2.05, 4.69) is 5.32 Å². The fraction of sp³-hybridized carbons (Fsp3) is 0.400. The highest BCUT2D eigenvalue weighted by Gasteiger charge is 2.27. The number of methoxy groups -OCH3 is 1. The molecule has 1 aromatic carbocycles. The predicted molar refractivity (Wildman–Crippen MR) is 103 cm³/mol. The summed E-state index contributed by atoms with van der Waals surface area (Å²) >= 11 is 1.61. The van der Waals surface area contributed by atoms with Crippen LogP contribution in [0.2, 0.25) is 0 Å². The van der Waals surface area contributed by atoms with Gasteiger partial charge in [-0.15, -0.1) is 11.3 Å². The highest BCUT2D eigenvalue weighted by Crippen LogP contribution is 2.34. The van der Waals surface area contributed by atoms with Crippen LogP contribution in [0.25, 0.3) is 0 Å². The molecular weight excluding hydrogens is 364 g/mol. The highest BCUT2D eigenvalue weighted by molar-refractivity contribution is 7.10. The maximum Gasteiger partial charge on any atom is 0.255 e. The number of hydrogen-bond donors (Lipinski definition) is 1. The third kappa shape index (κ3) is 3.64. The van der Waals surface area contributed by atoms with E-state index in [0.29, 0.717) is 25.3 Å². The number of nitrogens with zero attached hydrogens (tertiary/aromatic N) is 1. The molecule has 2 aromatic rings. The summed E-state index contributed by atoms with van der Waals surface area (Å²) < 4.78 is 11.1. The first-order valence-electron chi connectivity index (χ1n) is 9.09. The van der Waals surface area contributed by atoms with Crippen molar-refractivity contribution in [3.63, 3.8) is 0 Å². The molecule has 1 aromatic heterocycles. The Bertz CT molecular complexity index is 863. The fourth-order valence-corrected chi connectivity index (χ4v) is 4.59. The Morgan fingerprint density at radius 1 is 1.41 bits per heavy atom. The van der Waals surface area contributed by atoms with Crippen LogP contribution in [0.15, 0.2) is 29.6 Å². The molecule has 0 radical (unpaired) electrons. The van der Waals surface area contributed by atoms with Crippen LogP contribution in [0, 0.1) is 0 Å². The SMILES string of the molecule is COc1cccc2c1OC[C@@H](NC(=O)CN1CCCc3sccc3C1=O)C2. The zero-order valence-electron chi connectivity index (χ0n) is 15.2. The van der Waals surface area contributed by atoms with Gasteiger partial charge in [-0.05, 0) is 36.8 Å². The summed E-state index contributed by atoms with van der Waals surface area (Å²) in [4.78, 5) is 28.0. The zero-order chi connectivity index (χ0) is 18.8. The number of rotatable bonds is 4. The average Bonchev–Trinajstić information content (AvgIpc) is 3.09.